The van der Waals surface area contributed by atoms with Gasteiger partial charge in [-0.05, 0) is 41.8 Å². The van der Waals surface area contributed by atoms with Crippen LogP contribution in [0.1, 0.15) is 5.82 Å². The number of aromatic amines is 1. The van der Waals surface area contributed by atoms with Crippen molar-refractivity contribution in [2.24, 2.45) is 0 Å². The molecule has 0 amide bonds. The average Bonchev–Trinajstić information content (AvgIpc) is 3.23. The van der Waals surface area contributed by atoms with E-state index in [1.54, 1.807) is 23.6 Å². The van der Waals surface area contributed by atoms with Crippen molar-refractivity contribution in [1.82, 2.24) is 19.5 Å². The Bertz CT molecular complexity index is 1630. The number of aromatic nitrogens is 4. The number of benzene rings is 2. The first-order valence-electron chi connectivity index (χ1n) is 9.17. The van der Waals surface area contributed by atoms with Gasteiger partial charge in [0.05, 0.1) is 27.9 Å². The number of fused-ring (bicyclic) bond motifs is 2. The SMILES string of the molecule is O=c1[nH]c(CSc2nc3ccc(Cl)cc3c(=O)n2-c2ccc(F)cc2F)nc2ccsc12. The maximum atomic E-state index is 14.6. The van der Waals surface area contributed by atoms with Crippen molar-refractivity contribution in [2.75, 3.05) is 0 Å². The second-order valence-electron chi connectivity index (χ2n) is 6.73. The van der Waals surface area contributed by atoms with Crippen LogP contribution >= 0.6 is 34.7 Å². The zero-order chi connectivity index (χ0) is 22.4. The minimum atomic E-state index is -0.914. The topological polar surface area (TPSA) is 80.6 Å². The van der Waals surface area contributed by atoms with Gasteiger partial charge in [0.15, 0.2) is 5.16 Å². The summed E-state index contributed by atoms with van der Waals surface area (Å²) in [6.07, 6.45) is 0. The van der Waals surface area contributed by atoms with E-state index < -0.39 is 17.2 Å². The van der Waals surface area contributed by atoms with E-state index >= 15 is 0 Å². The van der Waals surface area contributed by atoms with E-state index in [1.807, 2.05) is 0 Å². The molecule has 32 heavy (non-hydrogen) atoms. The highest BCUT2D eigenvalue weighted by Gasteiger charge is 2.18. The molecule has 0 saturated heterocycles. The van der Waals surface area contributed by atoms with Gasteiger partial charge >= 0.3 is 0 Å². The van der Waals surface area contributed by atoms with Crippen molar-refractivity contribution in [3.8, 4) is 5.69 Å². The molecule has 0 atom stereocenters. The smallest absolute Gasteiger partial charge is 0.268 e. The molecule has 5 aromatic rings. The van der Waals surface area contributed by atoms with Gasteiger partial charge in [0.2, 0.25) is 0 Å². The fourth-order valence-electron chi connectivity index (χ4n) is 3.23. The summed E-state index contributed by atoms with van der Waals surface area (Å²) < 4.78 is 29.7. The number of hydrogen-bond acceptors (Lipinski definition) is 6. The summed E-state index contributed by atoms with van der Waals surface area (Å²) >= 11 is 8.41. The number of H-pyrrole nitrogens is 1. The Morgan fingerprint density at radius 3 is 2.72 bits per heavy atom. The van der Waals surface area contributed by atoms with Crippen LogP contribution in [-0.2, 0) is 5.75 Å². The summed E-state index contributed by atoms with van der Waals surface area (Å²) in [5, 5.41) is 2.45. The molecule has 0 unspecified atom stereocenters. The van der Waals surface area contributed by atoms with Crippen LogP contribution in [0.3, 0.4) is 0 Å². The molecule has 0 aliphatic heterocycles. The van der Waals surface area contributed by atoms with Gasteiger partial charge in [-0.2, -0.15) is 0 Å². The number of hydrogen-bond donors (Lipinski definition) is 1. The summed E-state index contributed by atoms with van der Waals surface area (Å²) in [5.41, 5.74) is -0.0280. The number of thioether (sulfide) groups is 1. The van der Waals surface area contributed by atoms with Gasteiger partial charge in [0.1, 0.15) is 22.2 Å². The third-order valence-electron chi connectivity index (χ3n) is 4.65. The second-order valence-corrected chi connectivity index (χ2v) is 9.02. The molecule has 5 rings (SSSR count). The Hall–Kier alpha value is -3.08. The van der Waals surface area contributed by atoms with Crippen molar-refractivity contribution in [2.45, 2.75) is 10.9 Å². The first-order chi connectivity index (χ1) is 15.4. The normalized spacial score (nSPS) is 11.5. The molecule has 3 aromatic heterocycles. The molecule has 6 nitrogen and oxygen atoms in total. The molecule has 0 aliphatic carbocycles. The fraction of sp³-hybridized carbons (Fsp3) is 0.0476. The Labute approximate surface area is 191 Å². The fourth-order valence-corrected chi connectivity index (χ4v) is 5.01. The molecular weight excluding hydrogens is 478 g/mol. The van der Waals surface area contributed by atoms with Crippen LogP contribution in [-0.4, -0.2) is 19.5 Å². The lowest BCUT2D eigenvalue weighted by molar-refractivity contribution is 0.572. The molecule has 11 heteroatoms. The highest BCUT2D eigenvalue weighted by Crippen LogP contribution is 2.26. The van der Waals surface area contributed by atoms with Crippen LogP contribution in [0.5, 0.6) is 0 Å². The Morgan fingerprint density at radius 2 is 1.91 bits per heavy atom. The lowest BCUT2D eigenvalue weighted by Crippen LogP contribution is -2.23. The van der Waals surface area contributed by atoms with Crippen LogP contribution < -0.4 is 11.1 Å². The van der Waals surface area contributed by atoms with Crippen molar-refractivity contribution in [1.29, 1.82) is 0 Å². The summed E-state index contributed by atoms with van der Waals surface area (Å²) in [6, 6.07) is 9.30. The molecule has 0 saturated carbocycles. The number of nitrogens with zero attached hydrogens (tertiary/aromatic N) is 3. The first kappa shape index (κ1) is 20.8. The highest BCUT2D eigenvalue weighted by atomic mass is 35.5. The second kappa shape index (κ2) is 8.12. The molecule has 0 aliphatic rings. The molecule has 0 spiro atoms. The van der Waals surface area contributed by atoms with Crippen LogP contribution in [0.4, 0.5) is 8.78 Å². The molecular formula is C21H11ClF2N4O2S2. The minimum absolute atomic E-state index is 0.150. The van der Waals surface area contributed by atoms with Gasteiger partial charge in [0.25, 0.3) is 11.1 Å². The summed E-state index contributed by atoms with van der Waals surface area (Å²) in [6.45, 7) is 0. The van der Waals surface area contributed by atoms with E-state index in [0.717, 1.165) is 22.4 Å². The van der Waals surface area contributed by atoms with E-state index in [1.165, 1.54) is 23.5 Å². The summed E-state index contributed by atoms with van der Waals surface area (Å²) in [5.74, 6) is -1.14. The lowest BCUT2D eigenvalue weighted by atomic mass is 10.2. The predicted octanol–water partition coefficient (Wildman–Crippen LogP) is 4.91. The molecule has 0 fully saturated rings. The predicted molar refractivity (Wildman–Crippen MR) is 122 cm³/mol. The molecule has 3 heterocycles. The third kappa shape index (κ3) is 3.70. The zero-order valence-electron chi connectivity index (χ0n) is 15.9. The van der Waals surface area contributed by atoms with Gasteiger partial charge in [-0.3, -0.25) is 14.2 Å². The Kier molecular flexibility index (Phi) is 5.28. The lowest BCUT2D eigenvalue weighted by Gasteiger charge is -2.14. The van der Waals surface area contributed by atoms with Gasteiger partial charge in [0, 0.05) is 11.1 Å². The van der Waals surface area contributed by atoms with Crippen molar-refractivity contribution >= 4 is 55.8 Å². The average molecular weight is 489 g/mol. The molecule has 1 N–H and O–H groups in total. The molecule has 0 radical (unpaired) electrons. The standard InChI is InChI=1S/C21H11ClF2N4O2S2/c22-10-1-3-14-12(7-10)20(30)28(16-4-2-11(23)8-13(16)24)21(26-14)32-9-17-25-15-5-6-31-18(15)19(29)27-17/h1-8H,9H2,(H,25,27,29). The quantitative estimate of drug-likeness (QED) is 0.287. The van der Waals surface area contributed by atoms with Gasteiger partial charge in [-0.25, -0.2) is 18.7 Å². The van der Waals surface area contributed by atoms with E-state index in [-0.39, 0.29) is 27.5 Å². The highest BCUT2D eigenvalue weighted by molar-refractivity contribution is 7.98. The third-order valence-corrected chi connectivity index (χ3v) is 6.74. The van der Waals surface area contributed by atoms with E-state index in [9.17, 15) is 18.4 Å². The zero-order valence-corrected chi connectivity index (χ0v) is 18.3. The Balaban J connectivity index is 1.65. The number of halogens is 3. The van der Waals surface area contributed by atoms with E-state index in [2.05, 4.69) is 15.0 Å². The maximum absolute atomic E-state index is 14.6. The van der Waals surface area contributed by atoms with Crippen LogP contribution in [0.2, 0.25) is 5.02 Å². The largest absolute Gasteiger partial charge is 0.309 e. The van der Waals surface area contributed by atoms with Crippen LogP contribution in [0.25, 0.3) is 26.8 Å². The first-order valence-corrected chi connectivity index (χ1v) is 11.4. The number of rotatable bonds is 4. The van der Waals surface area contributed by atoms with Crippen LogP contribution in [0.15, 0.2) is 62.6 Å². The monoisotopic (exact) mass is 488 g/mol. The molecule has 160 valence electrons. The van der Waals surface area contributed by atoms with E-state index in [4.69, 9.17) is 11.6 Å². The van der Waals surface area contributed by atoms with Gasteiger partial charge in [-0.15, -0.1) is 11.3 Å². The molecule has 0 bridgehead atoms. The van der Waals surface area contributed by atoms with Crippen molar-refractivity contribution in [3.05, 3.63) is 91.0 Å². The van der Waals surface area contributed by atoms with Crippen molar-refractivity contribution in [3.63, 3.8) is 0 Å². The minimum Gasteiger partial charge on any atom is -0.309 e. The summed E-state index contributed by atoms with van der Waals surface area (Å²) in [4.78, 5) is 37.1. The van der Waals surface area contributed by atoms with Gasteiger partial charge < -0.3 is 4.98 Å². The van der Waals surface area contributed by atoms with Crippen molar-refractivity contribution < 1.29 is 8.78 Å². The summed E-state index contributed by atoms with van der Waals surface area (Å²) in [7, 11) is 0. The maximum Gasteiger partial charge on any atom is 0.268 e. The van der Waals surface area contributed by atoms with Gasteiger partial charge in [-0.1, -0.05) is 23.4 Å². The molecule has 2 aromatic carbocycles. The van der Waals surface area contributed by atoms with E-state index in [0.29, 0.717) is 32.6 Å². The number of nitrogens with one attached hydrogen (secondary N) is 1. The van der Waals surface area contributed by atoms with Crippen LogP contribution in [0, 0.1) is 11.6 Å². The number of thiophene rings is 1. The Morgan fingerprint density at radius 1 is 1.06 bits per heavy atom.